The molecule has 20 heavy (non-hydrogen) atoms. The summed E-state index contributed by atoms with van der Waals surface area (Å²) < 4.78 is 0. The molecule has 0 amide bonds. The molecule has 0 bridgehead atoms. The molecule has 102 valence electrons. The van der Waals surface area contributed by atoms with E-state index in [1.165, 1.54) is 27.8 Å². The van der Waals surface area contributed by atoms with Crippen molar-refractivity contribution in [1.29, 1.82) is 0 Å². The fourth-order valence-corrected chi connectivity index (χ4v) is 3.21. The monoisotopic (exact) mass is 263 g/mol. The first-order chi connectivity index (χ1) is 9.66. The van der Waals surface area contributed by atoms with Gasteiger partial charge in [-0.05, 0) is 60.4 Å². The van der Waals surface area contributed by atoms with Gasteiger partial charge in [0.25, 0.3) is 0 Å². The van der Waals surface area contributed by atoms with Crippen molar-refractivity contribution in [3.05, 3.63) is 83.1 Å². The van der Waals surface area contributed by atoms with Crippen LogP contribution in [-0.4, -0.2) is 6.04 Å². The predicted octanol–water partition coefficient (Wildman–Crippen LogP) is 4.00. The lowest BCUT2D eigenvalue weighted by atomic mass is 9.77. The summed E-state index contributed by atoms with van der Waals surface area (Å²) in [5.41, 5.74) is 6.80. The van der Waals surface area contributed by atoms with Crippen LogP contribution in [0.1, 0.15) is 16.7 Å². The molecule has 0 saturated heterocycles. The first kappa shape index (κ1) is 13.0. The third-order valence-electron chi connectivity index (χ3n) is 4.46. The van der Waals surface area contributed by atoms with Crippen molar-refractivity contribution in [2.45, 2.75) is 26.3 Å². The van der Waals surface area contributed by atoms with Gasteiger partial charge in [0.05, 0.1) is 6.04 Å². The summed E-state index contributed by atoms with van der Waals surface area (Å²) in [4.78, 5) is 0. The van der Waals surface area contributed by atoms with E-state index in [0.717, 1.165) is 6.42 Å². The molecule has 0 spiro atoms. The molecule has 2 atom stereocenters. The molecule has 2 aliphatic rings. The quantitative estimate of drug-likeness (QED) is 0.850. The van der Waals surface area contributed by atoms with Crippen molar-refractivity contribution in [2.75, 3.05) is 0 Å². The molecule has 1 N–H and O–H groups in total. The number of aryl methyl sites for hydroxylation is 2. The van der Waals surface area contributed by atoms with Crippen molar-refractivity contribution in [3.63, 3.8) is 0 Å². The van der Waals surface area contributed by atoms with E-state index in [1.807, 2.05) is 6.20 Å². The highest BCUT2D eigenvalue weighted by atomic mass is 14.9. The third-order valence-corrected chi connectivity index (χ3v) is 4.46. The van der Waals surface area contributed by atoms with Crippen LogP contribution in [0.4, 0.5) is 0 Å². The highest BCUT2D eigenvalue weighted by Gasteiger charge is 2.29. The minimum Gasteiger partial charge on any atom is -0.383 e. The number of hydrogen-bond donors (Lipinski definition) is 1. The highest BCUT2D eigenvalue weighted by molar-refractivity contribution is 5.45. The number of dihydropyridines is 1. The van der Waals surface area contributed by atoms with Crippen molar-refractivity contribution in [1.82, 2.24) is 5.32 Å². The second kappa shape index (κ2) is 5.16. The van der Waals surface area contributed by atoms with Gasteiger partial charge < -0.3 is 5.32 Å². The average Bonchev–Trinajstić information content (AvgIpc) is 2.45. The molecule has 1 heteroatoms. The molecular weight excluding hydrogens is 242 g/mol. The Morgan fingerprint density at radius 1 is 1.15 bits per heavy atom. The zero-order valence-corrected chi connectivity index (χ0v) is 12.2. The predicted molar refractivity (Wildman–Crippen MR) is 85.5 cm³/mol. The van der Waals surface area contributed by atoms with Gasteiger partial charge in [-0.25, -0.2) is 0 Å². The topological polar surface area (TPSA) is 12.0 Å². The Labute approximate surface area is 121 Å². The number of benzene rings is 1. The Bertz CT molecular complexity index is 611. The van der Waals surface area contributed by atoms with Gasteiger partial charge in [0, 0.05) is 5.92 Å². The largest absolute Gasteiger partial charge is 0.383 e. The molecule has 1 heterocycles. The van der Waals surface area contributed by atoms with E-state index in [-0.39, 0.29) is 0 Å². The smallest absolute Gasteiger partial charge is 0.0579 e. The van der Waals surface area contributed by atoms with Crippen LogP contribution >= 0.6 is 0 Å². The zero-order chi connectivity index (χ0) is 14.1. The van der Waals surface area contributed by atoms with E-state index in [2.05, 4.69) is 68.2 Å². The number of allylic oxidation sites excluding steroid dienone is 3. The molecule has 2 unspecified atom stereocenters. The normalized spacial score (nSPS) is 24.1. The van der Waals surface area contributed by atoms with Crippen LogP contribution in [0.15, 0.2) is 66.4 Å². The van der Waals surface area contributed by atoms with E-state index in [9.17, 15) is 0 Å². The molecule has 0 fully saturated rings. The van der Waals surface area contributed by atoms with E-state index >= 15 is 0 Å². The molecule has 1 aromatic rings. The summed E-state index contributed by atoms with van der Waals surface area (Å²) in [6.07, 6.45) is 11.7. The second-order valence-electron chi connectivity index (χ2n) is 5.76. The molecular formula is C19H21N. The zero-order valence-electron chi connectivity index (χ0n) is 12.2. The minimum atomic E-state index is 0.358. The molecule has 1 aliphatic heterocycles. The Balaban J connectivity index is 1.94. The van der Waals surface area contributed by atoms with Gasteiger partial charge in [0.1, 0.15) is 0 Å². The first-order valence-corrected chi connectivity index (χ1v) is 7.21. The van der Waals surface area contributed by atoms with Gasteiger partial charge in [-0.3, -0.25) is 0 Å². The lowest BCUT2D eigenvalue weighted by molar-refractivity contribution is 0.478. The van der Waals surface area contributed by atoms with Gasteiger partial charge in [-0.2, -0.15) is 0 Å². The van der Waals surface area contributed by atoms with Gasteiger partial charge >= 0.3 is 0 Å². The summed E-state index contributed by atoms with van der Waals surface area (Å²) in [6, 6.07) is 6.90. The maximum Gasteiger partial charge on any atom is 0.0579 e. The molecule has 0 radical (unpaired) electrons. The SMILES string of the molecule is C=C1C=CC2=CC=CNC2C1Cc1c(C)cccc1C. The van der Waals surface area contributed by atoms with Crippen LogP contribution in [0.5, 0.6) is 0 Å². The van der Waals surface area contributed by atoms with Crippen LogP contribution in [0.2, 0.25) is 0 Å². The summed E-state index contributed by atoms with van der Waals surface area (Å²) in [5, 5.41) is 3.50. The van der Waals surface area contributed by atoms with Gasteiger partial charge in [-0.15, -0.1) is 0 Å². The lowest BCUT2D eigenvalue weighted by Crippen LogP contribution is -2.39. The van der Waals surface area contributed by atoms with E-state index in [4.69, 9.17) is 0 Å². The van der Waals surface area contributed by atoms with E-state index in [1.54, 1.807) is 0 Å². The number of fused-ring (bicyclic) bond motifs is 1. The summed E-state index contributed by atoms with van der Waals surface area (Å²) >= 11 is 0. The fraction of sp³-hybridized carbons (Fsp3) is 0.263. The third kappa shape index (κ3) is 2.24. The van der Waals surface area contributed by atoms with Crippen molar-refractivity contribution >= 4 is 0 Å². The van der Waals surface area contributed by atoms with Crippen LogP contribution in [0, 0.1) is 19.8 Å². The van der Waals surface area contributed by atoms with E-state index < -0.39 is 0 Å². The average molecular weight is 263 g/mol. The number of rotatable bonds is 2. The standard InChI is InChI=1S/C19H21N/c1-13-6-4-7-14(2)17(13)12-18-15(3)9-10-16-8-5-11-20-19(16)18/h4-11,18-20H,3,12H2,1-2H3. The van der Waals surface area contributed by atoms with Crippen molar-refractivity contribution in [3.8, 4) is 0 Å². The Morgan fingerprint density at radius 3 is 2.65 bits per heavy atom. The van der Waals surface area contributed by atoms with Crippen molar-refractivity contribution in [2.24, 2.45) is 5.92 Å². The van der Waals surface area contributed by atoms with Gasteiger partial charge in [-0.1, -0.05) is 43.0 Å². The van der Waals surface area contributed by atoms with Crippen molar-refractivity contribution < 1.29 is 0 Å². The summed E-state index contributed by atoms with van der Waals surface area (Å²) in [5.74, 6) is 0.427. The number of nitrogens with one attached hydrogen (secondary N) is 1. The maximum atomic E-state index is 4.26. The molecule has 0 saturated carbocycles. The van der Waals surface area contributed by atoms with Crippen LogP contribution in [-0.2, 0) is 6.42 Å². The van der Waals surface area contributed by atoms with Crippen LogP contribution < -0.4 is 5.32 Å². The van der Waals surface area contributed by atoms with E-state index in [0.29, 0.717) is 12.0 Å². The van der Waals surface area contributed by atoms with Gasteiger partial charge in [0.15, 0.2) is 0 Å². The highest BCUT2D eigenvalue weighted by Crippen LogP contribution is 2.32. The van der Waals surface area contributed by atoms with Crippen LogP contribution in [0.3, 0.4) is 0 Å². The van der Waals surface area contributed by atoms with Gasteiger partial charge in [0.2, 0.25) is 0 Å². The Morgan fingerprint density at radius 2 is 1.90 bits per heavy atom. The maximum absolute atomic E-state index is 4.26. The summed E-state index contributed by atoms with van der Waals surface area (Å²) in [6.45, 7) is 8.67. The number of hydrogen-bond acceptors (Lipinski definition) is 1. The Hall–Kier alpha value is -2.02. The van der Waals surface area contributed by atoms with Crippen LogP contribution in [0.25, 0.3) is 0 Å². The summed E-state index contributed by atoms with van der Waals surface area (Å²) in [7, 11) is 0. The second-order valence-corrected chi connectivity index (χ2v) is 5.76. The molecule has 3 rings (SSSR count). The fourth-order valence-electron chi connectivity index (χ4n) is 3.21. The molecule has 1 aliphatic carbocycles. The Kier molecular flexibility index (Phi) is 3.35. The molecule has 0 aromatic heterocycles. The minimum absolute atomic E-state index is 0.358. The molecule has 1 nitrogen and oxygen atoms in total. The molecule has 1 aromatic carbocycles. The first-order valence-electron chi connectivity index (χ1n) is 7.21. The lowest BCUT2D eigenvalue weighted by Gasteiger charge is -2.34.